The van der Waals surface area contributed by atoms with Crippen molar-refractivity contribution in [3.63, 3.8) is 0 Å². The molecule has 0 radical (unpaired) electrons. The third-order valence-corrected chi connectivity index (χ3v) is 3.29. The summed E-state index contributed by atoms with van der Waals surface area (Å²) in [5, 5.41) is 3.33. The largest absolute Gasteiger partial charge is 0.363 e. The number of anilines is 1. The van der Waals surface area contributed by atoms with E-state index in [1.807, 2.05) is 43.5 Å². The van der Waals surface area contributed by atoms with Crippen LogP contribution in [0.15, 0.2) is 42.6 Å². The van der Waals surface area contributed by atoms with Gasteiger partial charge in [0.2, 0.25) is 0 Å². The number of nitrogens with zero attached hydrogens (tertiary/aromatic N) is 3. The molecule has 3 rings (SSSR count). The number of para-hydroxylation sites is 2. The summed E-state index contributed by atoms with van der Waals surface area (Å²) in [5.74, 6) is 0.814. The lowest BCUT2D eigenvalue weighted by Crippen LogP contribution is -2.07. The standard InChI is InChI=1S/C16H16N4/c1-11-6-5-9-17-15(11)10-18-16-12(2)19-13-7-3-4-8-14(13)20-16/h3-9H,10H2,1-2H3,(H,18,20). The summed E-state index contributed by atoms with van der Waals surface area (Å²) in [6.45, 7) is 4.68. The van der Waals surface area contributed by atoms with Crippen LogP contribution < -0.4 is 5.32 Å². The van der Waals surface area contributed by atoms with E-state index in [0.29, 0.717) is 6.54 Å². The number of hydrogen-bond acceptors (Lipinski definition) is 4. The number of benzene rings is 1. The molecule has 0 atom stereocenters. The van der Waals surface area contributed by atoms with Crippen molar-refractivity contribution < 1.29 is 0 Å². The Bertz CT molecular complexity index is 752. The average molecular weight is 264 g/mol. The van der Waals surface area contributed by atoms with E-state index in [1.54, 1.807) is 0 Å². The van der Waals surface area contributed by atoms with Gasteiger partial charge in [-0.25, -0.2) is 9.97 Å². The van der Waals surface area contributed by atoms with Gasteiger partial charge in [0.05, 0.1) is 29.0 Å². The van der Waals surface area contributed by atoms with Crippen LogP contribution in [-0.2, 0) is 6.54 Å². The molecule has 0 aliphatic carbocycles. The highest BCUT2D eigenvalue weighted by Crippen LogP contribution is 2.16. The molecule has 0 fully saturated rings. The summed E-state index contributed by atoms with van der Waals surface area (Å²) < 4.78 is 0. The molecule has 0 saturated carbocycles. The van der Waals surface area contributed by atoms with Gasteiger partial charge in [-0.05, 0) is 37.6 Å². The van der Waals surface area contributed by atoms with E-state index in [9.17, 15) is 0 Å². The summed E-state index contributed by atoms with van der Waals surface area (Å²) in [4.78, 5) is 13.6. The molecule has 4 heteroatoms. The van der Waals surface area contributed by atoms with E-state index in [2.05, 4.69) is 33.3 Å². The molecule has 0 aliphatic heterocycles. The molecule has 0 spiro atoms. The Balaban J connectivity index is 1.87. The van der Waals surface area contributed by atoms with E-state index in [4.69, 9.17) is 0 Å². The monoisotopic (exact) mass is 264 g/mol. The summed E-state index contributed by atoms with van der Waals surface area (Å²) in [6, 6.07) is 11.9. The summed E-state index contributed by atoms with van der Waals surface area (Å²) in [6.07, 6.45) is 1.81. The number of fused-ring (bicyclic) bond motifs is 1. The number of rotatable bonds is 3. The summed E-state index contributed by atoms with van der Waals surface area (Å²) in [7, 11) is 0. The maximum Gasteiger partial charge on any atom is 0.148 e. The first kappa shape index (κ1) is 12.5. The molecule has 1 N–H and O–H groups in total. The lowest BCUT2D eigenvalue weighted by molar-refractivity contribution is 0.997. The van der Waals surface area contributed by atoms with Crippen molar-refractivity contribution in [3.8, 4) is 0 Å². The van der Waals surface area contributed by atoms with Crippen LogP contribution in [-0.4, -0.2) is 15.0 Å². The zero-order valence-electron chi connectivity index (χ0n) is 11.6. The smallest absolute Gasteiger partial charge is 0.148 e. The van der Waals surface area contributed by atoms with Crippen LogP contribution in [0, 0.1) is 13.8 Å². The molecule has 4 nitrogen and oxygen atoms in total. The minimum atomic E-state index is 0.653. The lowest BCUT2D eigenvalue weighted by Gasteiger charge is -2.10. The van der Waals surface area contributed by atoms with Crippen LogP contribution in [0.2, 0.25) is 0 Å². The van der Waals surface area contributed by atoms with Crippen molar-refractivity contribution in [1.82, 2.24) is 15.0 Å². The van der Waals surface area contributed by atoms with Crippen molar-refractivity contribution in [2.45, 2.75) is 20.4 Å². The highest BCUT2D eigenvalue weighted by atomic mass is 15.0. The van der Waals surface area contributed by atoms with Gasteiger partial charge in [-0.15, -0.1) is 0 Å². The molecule has 1 aromatic carbocycles. The predicted octanol–water partition coefficient (Wildman–Crippen LogP) is 3.25. The molecular weight excluding hydrogens is 248 g/mol. The molecule has 0 bridgehead atoms. The third-order valence-electron chi connectivity index (χ3n) is 3.29. The van der Waals surface area contributed by atoms with E-state index in [1.165, 1.54) is 5.56 Å². The van der Waals surface area contributed by atoms with Crippen molar-refractivity contribution in [3.05, 3.63) is 59.5 Å². The minimum Gasteiger partial charge on any atom is -0.363 e. The second-order valence-corrected chi connectivity index (χ2v) is 4.77. The van der Waals surface area contributed by atoms with E-state index >= 15 is 0 Å². The zero-order chi connectivity index (χ0) is 13.9. The Morgan fingerprint density at radius 1 is 0.950 bits per heavy atom. The van der Waals surface area contributed by atoms with Gasteiger partial charge in [-0.2, -0.15) is 0 Å². The van der Waals surface area contributed by atoms with Crippen LogP contribution in [0.5, 0.6) is 0 Å². The second-order valence-electron chi connectivity index (χ2n) is 4.77. The molecular formula is C16H16N4. The Morgan fingerprint density at radius 2 is 1.70 bits per heavy atom. The average Bonchev–Trinajstić information content (AvgIpc) is 2.46. The van der Waals surface area contributed by atoms with Crippen molar-refractivity contribution in [2.24, 2.45) is 0 Å². The molecule has 0 aliphatic rings. The van der Waals surface area contributed by atoms with Crippen LogP contribution in [0.3, 0.4) is 0 Å². The lowest BCUT2D eigenvalue weighted by atomic mass is 10.2. The first-order chi connectivity index (χ1) is 9.74. The van der Waals surface area contributed by atoms with Crippen LogP contribution >= 0.6 is 0 Å². The fourth-order valence-electron chi connectivity index (χ4n) is 2.13. The number of hydrogen-bond donors (Lipinski definition) is 1. The number of pyridine rings is 1. The van der Waals surface area contributed by atoms with Crippen LogP contribution in [0.4, 0.5) is 5.82 Å². The molecule has 20 heavy (non-hydrogen) atoms. The molecule has 2 heterocycles. The van der Waals surface area contributed by atoms with Crippen LogP contribution in [0.1, 0.15) is 17.0 Å². The fourth-order valence-corrected chi connectivity index (χ4v) is 2.13. The van der Waals surface area contributed by atoms with Gasteiger partial charge in [0, 0.05) is 6.20 Å². The van der Waals surface area contributed by atoms with Gasteiger partial charge >= 0.3 is 0 Å². The van der Waals surface area contributed by atoms with E-state index < -0.39 is 0 Å². The van der Waals surface area contributed by atoms with Crippen molar-refractivity contribution in [1.29, 1.82) is 0 Å². The van der Waals surface area contributed by atoms with Gasteiger partial charge in [-0.1, -0.05) is 18.2 Å². The Labute approximate surface area is 117 Å². The first-order valence-electron chi connectivity index (χ1n) is 6.62. The number of aryl methyl sites for hydroxylation is 2. The molecule has 2 aromatic heterocycles. The summed E-state index contributed by atoms with van der Waals surface area (Å²) in [5.41, 5.74) is 4.92. The van der Waals surface area contributed by atoms with E-state index in [-0.39, 0.29) is 0 Å². The normalized spacial score (nSPS) is 10.7. The summed E-state index contributed by atoms with van der Waals surface area (Å²) >= 11 is 0. The van der Waals surface area contributed by atoms with Crippen LogP contribution in [0.25, 0.3) is 11.0 Å². The molecule has 0 saturated heterocycles. The van der Waals surface area contributed by atoms with Gasteiger partial charge < -0.3 is 5.32 Å². The van der Waals surface area contributed by atoms with Gasteiger partial charge in [0.25, 0.3) is 0 Å². The highest BCUT2D eigenvalue weighted by Gasteiger charge is 2.05. The Morgan fingerprint density at radius 3 is 2.45 bits per heavy atom. The third kappa shape index (κ3) is 2.45. The minimum absolute atomic E-state index is 0.653. The van der Waals surface area contributed by atoms with Gasteiger partial charge in [0.1, 0.15) is 5.82 Å². The molecule has 0 unspecified atom stereocenters. The van der Waals surface area contributed by atoms with Gasteiger partial charge in [0.15, 0.2) is 0 Å². The number of nitrogens with one attached hydrogen (secondary N) is 1. The topological polar surface area (TPSA) is 50.7 Å². The second kappa shape index (κ2) is 5.25. The maximum absolute atomic E-state index is 4.62. The van der Waals surface area contributed by atoms with E-state index in [0.717, 1.165) is 28.2 Å². The Kier molecular flexibility index (Phi) is 3.29. The molecule has 0 amide bonds. The maximum atomic E-state index is 4.62. The van der Waals surface area contributed by atoms with Gasteiger partial charge in [-0.3, -0.25) is 4.98 Å². The zero-order valence-corrected chi connectivity index (χ0v) is 11.6. The highest BCUT2D eigenvalue weighted by molar-refractivity contribution is 5.76. The predicted molar refractivity (Wildman–Crippen MR) is 80.6 cm³/mol. The fraction of sp³-hybridized carbons (Fsp3) is 0.188. The Hall–Kier alpha value is -2.49. The quantitative estimate of drug-likeness (QED) is 0.789. The molecule has 3 aromatic rings. The van der Waals surface area contributed by atoms with Crippen molar-refractivity contribution >= 4 is 16.9 Å². The van der Waals surface area contributed by atoms with Crippen molar-refractivity contribution in [2.75, 3.05) is 5.32 Å². The SMILES string of the molecule is Cc1cccnc1CNc1nc2ccccc2nc1C. The number of aromatic nitrogens is 3. The molecule has 100 valence electrons. The first-order valence-corrected chi connectivity index (χ1v) is 6.62.